The highest BCUT2D eigenvalue weighted by atomic mass is 32.1. The quantitative estimate of drug-likeness (QED) is 0.288. The molecule has 0 atom stereocenters. The molecule has 4 rings (SSSR count). The van der Waals surface area contributed by atoms with Gasteiger partial charge in [0.1, 0.15) is 5.57 Å². The summed E-state index contributed by atoms with van der Waals surface area (Å²) in [7, 11) is 0. The highest BCUT2D eigenvalue weighted by Crippen LogP contribution is 2.30. The van der Waals surface area contributed by atoms with E-state index in [-0.39, 0.29) is 10.7 Å². The van der Waals surface area contributed by atoms with Crippen molar-refractivity contribution in [1.82, 2.24) is 0 Å². The number of hydrogen-bond acceptors (Lipinski definition) is 4. The molecular formula is C27H25N3O2S. The summed E-state index contributed by atoms with van der Waals surface area (Å²) >= 11 is 5.63. The van der Waals surface area contributed by atoms with E-state index >= 15 is 0 Å². The van der Waals surface area contributed by atoms with Gasteiger partial charge in [0.25, 0.3) is 11.8 Å². The maximum atomic E-state index is 13.5. The van der Waals surface area contributed by atoms with Gasteiger partial charge in [-0.25, -0.2) is 0 Å². The van der Waals surface area contributed by atoms with Gasteiger partial charge in [0, 0.05) is 18.8 Å². The van der Waals surface area contributed by atoms with Crippen molar-refractivity contribution in [3.8, 4) is 0 Å². The van der Waals surface area contributed by atoms with Gasteiger partial charge >= 0.3 is 0 Å². The van der Waals surface area contributed by atoms with E-state index in [1.807, 2.05) is 60.7 Å². The number of carbonyl (C=O) groups is 2. The molecule has 0 saturated carbocycles. The number of carbonyl (C=O) groups excluding carboxylic acids is 2. The summed E-state index contributed by atoms with van der Waals surface area (Å²) in [6.45, 7) is 6.03. The van der Waals surface area contributed by atoms with Gasteiger partial charge in [-0.2, -0.15) is 0 Å². The van der Waals surface area contributed by atoms with E-state index < -0.39 is 11.8 Å². The summed E-state index contributed by atoms with van der Waals surface area (Å²) in [5.41, 5.74) is 3.16. The number of anilines is 3. The molecule has 1 aliphatic rings. The Morgan fingerprint density at radius 2 is 1.18 bits per heavy atom. The summed E-state index contributed by atoms with van der Waals surface area (Å²) in [6, 6.07) is 26.2. The number of benzene rings is 3. The average molecular weight is 456 g/mol. The van der Waals surface area contributed by atoms with Crippen LogP contribution in [0.5, 0.6) is 0 Å². The molecule has 6 heteroatoms. The molecule has 166 valence electrons. The number of nitrogens with zero attached hydrogens (tertiary/aromatic N) is 3. The third kappa shape index (κ3) is 4.43. The first-order valence-corrected chi connectivity index (χ1v) is 11.4. The van der Waals surface area contributed by atoms with Gasteiger partial charge in [0.05, 0.1) is 11.4 Å². The molecule has 0 radical (unpaired) electrons. The van der Waals surface area contributed by atoms with Crippen LogP contribution in [0.3, 0.4) is 0 Å². The van der Waals surface area contributed by atoms with Crippen LogP contribution in [-0.2, 0) is 9.59 Å². The first-order valence-electron chi connectivity index (χ1n) is 10.9. The molecule has 5 nitrogen and oxygen atoms in total. The van der Waals surface area contributed by atoms with Crippen LogP contribution in [0.1, 0.15) is 19.4 Å². The number of thiocarbonyl (C=S) groups is 1. The standard InChI is InChI=1S/C27H25N3O2S/c1-3-28(4-2)21-17-15-20(16-18-21)19-24-25(31)29(22-11-7-5-8-12-22)27(33)30(26(24)32)23-13-9-6-10-14-23/h5-19H,3-4H2,1-2H3. The van der Waals surface area contributed by atoms with Gasteiger partial charge in [-0.15, -0.1) is 0 Å². The Kier molecular flexibility index (Phi) is 6.66. The third-order valence-electron chi connectivity index (χ3n) is 5.61. The van der Waals surface area contributed by atoms with E-state index in [9.17, 15) is 9.59 Å². The zero-order valence-electron chi connectivity index (χ0n) is 18.6. The number of amides is 2. The molecule has 1 heterocycles. The predicted molar refractivity (Wildman–Crippen MR) is 138 cm³/mol. The largest absolute Gasteiger partial charge is 0.372 e. The summed E-state index contributed by atoms with van der Waals surface area (Å²) in [6.07, 6.45) is 1.64. The minimum absolute atomic E-state index is 0.0619. The predicted octanol–water partition coefficient (Wildman–Crippen LogP) is 5.28. The second-order valence-corrected chi connectivity index (χ2v) is 7.92. The highest BCUT2D eigenvalue weighted by Gasteiger charge is 2.41. The number of rotatable bonds is 6. The van der Waals surface area contributed by atoms with Gasteiger partial charge < -0.3 is 4.90 Å². The van der Waals surface area contributed by atoms with Gasteiger partial charge in [-0.05, 0) is 74.1 Å². The zero-order chi connectivity index (χ0) is 23.4. The number of para-hydroxylation sites is 2. The molecule has 1 aliphatic heterocycles. The zero-order valence-corrected chi connectivity index (χ0v) is 19.5. The van der Waals surface area contributed by atoms with Gasteiger partial charge in [0.2, 0.25) is 0 Å². The van der Waals surface area contributed by atoms with Crippen LogP contribution in [0.4, 0.5) is 17.1 Å². The Morgan fingerprint density at radius 1 is 0.727 bits per heavy atom. The van der Waals surface area contributed by atoms with Crippen LogP contribution in [0.25, 0.3) is 6.08 Å². The highest BCUT2D eigenvalue weighted by molar-refractivity contribution is 7.81. The van der Waals surface area contributed by atoms with Crippen molar-refractivity contribution in [1.29, 1.82) is 0 Å². The minimum Gasteiger partial charge on any atom is -0.372 e. The fourth-order valence-electron chi connectivity index (χ4n) is 3.88. The van der Waals surface area contributed by atoms with Gasteiger partial charge in [0.15, 0.2) is 5.11 Å². The fourth-order valence-corrected chi connectivity index (χ4v) is 4.25. The summed E-state index contributed by atoms with van der Waals surface area (Å²) in [5, 5.41) is 0.136. The van der Waals surface area contributed by atoms with Gasteiger partial charge in [-0.1, -0.05) is 48.5 Å². The van der Waals surface area contributed by atoms with E-state index in [1.165, 1.54) is 9.80 Å². The third-order valence-corrected chi connectivity index (χ3v) is 5.98. The Bertz CT molecular complexity index is 1120. The lowest BCUT2D eigenvalue weighted by atomic mass is 10.0. The molecule has 0 unspecified atom stereocenters. The van der Waals surface area contributed by atoms with Crippen molar-refractivity contribution in [3.05, 3.63) is 96.1 Å². The lowest BCUT2D eigenvalue weighted by molar-refractivity contribution is -0.120. The Morgan fingerprint density at radius 3 is 1.61 bits per heavy atom. The monoisotopic (exact) mass is 455 g/mol. The van der Waals surface area contributed by atoms with Crippen LogP contribution in [0.15, 0.2) is 90.5 Å². The summed E-state index contributed by atoms with van der Waals surface area (Å²) < 4.78 is 0. The second-order valence-electron chi connectivity index (χ2n) is 7.56. The molecule has 3 aromatic rings. The van der Waals surface area contributed by atoms with Crippen LogP contribution in [0, 0.1) is 0 Å². The van der Waals surface area contributed by atoms with Crippen molar-refractivity contribution < 1.29 is 9.59 Å². The van der Waals surface area contributed by atoms with Crippen LogP contribution in [0.2, 0.25) is 0 Å². The fraction of sp³-hybridized carbons (Fsp3) is 0.148. The van der Waals surface area contributed by atoms with Crippen molar-refractivity contribution in [2.75, 3.05) is 27.8 Å². The Hall–Kier alpha value is -3.77. The molecule has 0 aliphatic carbocycles. The molecule has 1 saturated heterocycles. The van der Waals surface area contributed by atoms with E-state index in [0.29, 0.717) is 11.4 Å². The van der Waals surface area contributed by atoms with Crippen molar-refractivity contribution in [2.45, 2.75) is 13.8 Å². The maximum Gasteiger partial charge on any atom is 0.270 e. The molecular weight excluding hydrogens is 430 g/mol. The smallest absolute Gasteiger partial charge is 0.270 e. The summed E-state index contributed by atoms with van der Waals surface area (Å²) in [5.74, 6) is -0.868. The molecule has 33 heavy (non-hydrogen) atoms. The average Bonchev–Trinajstić information content (AvgIpc) is 2.85. The number of hydrogen-bond donors (Lipinski definition) is 0. The molecule has 0 N–H and O–H groups in total. The lowest BCUT2D eigenvalue weighted by Crippen LogP contribution is -2.56. The molecule has 2 amide bonds. The lowest BCUT2D eigenvalue weighted by Gasteiger charge is -2.36. The van der Waals surface area contributed by atoms with E-state index in [1.54, 1.807) is 30.3 Å². The van der Waals surface area contributed by atoms with Crippen molar-refractivity contribution >= 4 is 52.3 Å². The van der Waals surface area contributed by atoms with Crippen LogP contribution in [-0.4, -0.2) is 30.0 Å². The maximum absolute atomic E-state index is 13.5. The first kappa shape index (κ1) is 22.4. The molecule has 0 bridgehead atoms. The normalized spacial score (nSPS) is 14.0. The van der Waals surface area contributed by atoms with E-state index in [4.69, 9.17) is 12.2 Å². The molecule has 3 aromatic carbocycles. The minimum atomic E-state index is -0.434. The SMILES string of the molecule is CCN(CC)c1ccc(C=C2C(=O)N(c3ccccc3)C(=S)N(c3ccccc3)C2=O)cc1. The summed E-state index contributed by atoms with van der Waals surface area (Å²) in [4.78, 5) is 32.1. The Labute approximate surface area is 199 Å². The van der Waals surface area contributed by atoms with E-state index in [2.05, 4.69) is 18.7 Å². The molecule has 0 spiro atoms. The van der Waals surface area contributed by atoms with Crippen LogP contribution < -0.4 is 14.7 Å². The topological polar surface area (TPSA) is 43.9 Å². The first-order chi connectivity index (χ1) is 16.0. The van der Waals surface area contributed by atoms with Crippen LogP contribution >= 0.6 is 12.2 Å². The van der Waals surface area contributed by atoms with Crippen molar-refractivity contribution in [2.24, 2.45) is 0 Å². The van der Waals surface area contributed by atoms with Crippen molar-refractivity contribution in [3.63, 3.8) is 0 Å². The molecule has 0 aromatic heterocycles. The van der Waals surface area contributed by atoms with E-state index in [0.717, 1.165) is 24.3 Å². The van der Waals surface area contributed by atoms with Gasteiger partial charge in [-0.3, -0.25) is 19.4 Å². The molecule has 1 fully saturated rings. The Balaban J connectivity index is 1.78. The second kappa shape index (κ2) is 9.79.